The minimum Gasteiger partial charge on any atom is -0.376 e. The predicted molar refractivity (Wildman–Crippen MR) is 91.9 cm³/mol. The first-order valence-electron chi connectivity index (χ1n) is 8.89. The van der Waals surface area contributed by atoms with Crippen molar-refractivity contribution in [2.24, 2.45) is 5.92 Å². The second-order valence-electron chi connectivity index (χ2n) is 6.82. The molecule has 0 spiro atoms. The monoisotopic (exact) mass is 338 g/mol. The molecular weight excluding hydrogens is 316 g/mol. The average Bonchev–Trinajstić information content (AvgIpc) is 3.42. The molecule has 0 N–H and O–H groups in total. The second kappa shape index (κ2) is 7.27. The number of aromatic nitrogens is 3. The number of hydrogen-bond acceptors (Lipinski definition) is 5. The summed E-state index contributed by atoms with van der Waals surface area (Å²) in [5.74, 6) is 0.649. The van der Waals surface area contributed by atoms with Gasteiger partial charge in [-0.05, 0) is 49.3 Å². The zero-order chi connectivity index (χ0) is 17.1. The van der Waals surface area contributed by atoms with Gasteiger partial charge in [-0.15, -0.1) is 0 Å². The lowest BCUT2D eigenvalue weighted by Gasteiger charge is -2.28. The van der Waals surface area contributed by atoms with Gasteiger partial charge in [-0.2, -0.15) is 0 Å². The molecule has 6 nitrogen and oxygen atoms in total. The van der Waals surface area contributed by atoms with Gasteiger partial charge in [0.2, 0.25) is 0 Å². The molecule has 0 radical (unpaired) electrons. The van der Waals surface area contributed by atoms with Crippen LogP contribution in [0.15, 0.2) is 43.1 Å². The number of carbonyl (C=O) groups is 1. The van der Waals surface area contributed by atoms with Crippen LogP contribution in [0.5, 0.6) is 0 Å². The Morgan fingerprint density at radius 2 is 1.96 bits per heavy atom. The van der Waals surface area contributed by atoms with Crippen molar-refractivity contribution in [2.75, 3.05) is 13.2 Å². The fraction of sp³-hybridized carbons (Fsp3) is 0.474. The van der Waals surface area contributed by atoms with Crippen LogP contribution in [0.3, 0.4) is 0 Å². The van der Waals surface area contributed by atoms with E-state index in [2.05, 4.69) is 15.0 Å². The molecule has 25 heavy (non-hydrogen) atoms. The first kappa shape index (κ1) is 16.1. The SMILES string of the molecule is O=C(c1cnccn1)N1CC[C@@H](OCC2CC2)[C@@H]1Cc1ccncc1. The Kier molecular flexibility index (Phi) is 4.70. The molecule has 130 valence electrons. The molecule has 1 aliphatic carbocycles. The lowest BCUT2D eigenvalue weighted by molar-refractivity contribution is 0.0198. The Morgan fingerprint density at radius 1 is 1.12 bits per heavy atom. The van der Waals surface area contributed by atoms with Gasteiger partial charge in [0, 0.05) is 37.9 Å². The molecule has 1 saturated heterocycles. The summed E-state index contributed by atoms with van der Waals surface area (Å²) >= 11 is 0. The molecule has 4 rings (SSSR count). The molecule has 0 unspecified atom stereocenters. The Labute approximate surface area is 147 Å². The Bertz CT molecular complexity index is 706. The van der Waals surface area contributed by atoms with Gasteiger partial charge in [0.15, 0.2) is 0 Å². The van der Waals surface area contributed by atoms with Crippen molar-refractivity contribution >= 4 is 5.91 Å². The zero-order valence-corrected chi connectivity index (χ0v) is 14.1. The summed E-state index contributed by atoms with van der Waals surface area (Å²) in [6, 6.07) is 4.03. The summed E-state index contributed by atoms with van der Waals surface area (Å²) in [5, 5.41) is 0. The lowest BCUT2D eigenvalue weighted by Crippen LogP contribution is -2.42. The maximum absolute atomic E-state index is 12.9. The van der Waals surface area contributed by atoms with E-state index in [9.17, 15) is 4.79 Å². The molecular formula is C19H22N4O2. The number of nitrogens with zero attached hydrogens (tertiary/aromatic N) is 4. The van der Waals surface area contributed by atoms with Gasteiger partial charge in [0.05, 0.1) is 18.3 Å². The van der Waals surface area contributed by atoms with Crippen molar-refractivity contribution in [2.45, 2.75) is 37.8 Å². The van der Waals surface area contributed by atoms with E-state index in [0.717, 1.165) is 19.4 Å². The highest BCUT2D eigenvalue weighted by molar-refractivity contribution is 5.92. The minimum absolute atomic E-state index is 0.0238. The lowest BCUT2D eigenvalue weighted by atomic mass is 10.0. The van der Waals surface area contributed by atoms with Gasteiger partial charge in [0.25, 0.3) is 5.91 Å². The van der Waals surface area contributed by atoms with Crippen molar-refractivity contribution in [1.29, 1.82) is 0 Å². The van der Waals surface area contributed by atoms with Gasteiger partial charge >= 0.3 is 0 Å². The van der Waals surface area contributed by atoms with Crippen molar-refractivity contribution in [3.8, 4) is 0 Å². The van der Waals surface area contributed by atoms with Crippen molar-refractivity contribution in [1.82, 2.24) is 19.9 Å². The summed E-state index contributed by atoms with van der Waals surface area (Å²) in [7, 11) is 0. The molecule has 0 bridgehead atoms. The fourth-order valence-electron chi connectivity index (χ4n) is 3.37. The number of likely N-dealkylation sites (tertiary alicyclic amines) is 1. The molecule has 3 heterocycles. The first-order valence-corrected chi connectivity index (χ1v) is 8.89. The van der Waals surface area contributed by atoms with Crippen LogP contribution in [-0.4, -0.2) is 51.1 Å². The average molecular weight is 338 g/mol. The van der Waals surface area contributed by atoms with Crippen molar-refractivity contribution in [3.05, 3.63) is 54.4 Å². The molecule has 1 saturated carbocycles. The third kappa shape index (κ3) is 3.85. The van der Waals surface area contributed by atoms with Gasteiger partial charge < -0.3 is 9.64 Å². The van der Waals surface area contributed by atoms with E-state index < -0.39 is 0 Å². The summed E-state index contributed by atoms with van der Waals surface area (Å²) < 4.78 is 6.18. The number of hydrogen-bond donors (Lipinski definition) is 0. The smallest absolute Gasteiger partial charge is 0.274 e. The normalized spacial score (nSPS) is 23.0. The summed E-state index contributed by atoms with van der Waals surface area (Å²) in [5.41, 5.74) is 1.56. The Hall–Kier alpha value is -2.34. The quantitative estimate of drug-likeness (QED) is 0.807. The highest BCUT2D eigenvalue weighted by Gasteiger charge is 2.39. The zero-order valence-electron chi connectivity index (χ0n) is 14.1. The molecule has 2 aromatic rings. The number of rotatable bonds is 6. The molecule has 2 aliphatic rings. The molecule has 6 heteroatoms. The van der Waals surface area contributed by atoms with E-state index >= 15 is 0 Å². The van der Waals surface area contributed by atoms with Crippen LogP contribution in [0.2, 0.25) is 0 Å². The molecule has 2 atom stereocenters. The third-order valence-electron chi connectivity index (χ3n) is 4.96. The number of amides is 1. The maximum Gasteiger partial charge on any atom is 0.274 e. The van der Waals surface area contributed by atoms with Gasteiger partial charge in [-0.1, -0.05) is 0 Å². The minimum atomic E-state index is -0.0651. The number of ether oxygens (including phenoxy) is 1. The summed E-state index contributed by atoms with van der Waals surface area (Å²) in [6.07, 6.45) is 12.5. The van der Waals surface area contributed by atoms with Crippen LogP contribution in [0.4, 0.5) is 0 Å². The Morgan fingerprint density at radius 3 is 2.68 bits per heavy atom. The van der Waals surface area contributed by atoms with Gasteiger partial charge in [0.1, 0.15) is 5.69 Å². The highest BCUT2D eigenvalue weighted by Crippen LogP contribution is 2.32. The summed E-state index contributed by atoms with van der Waals surface area (Å²) in [4.78, 5) is 27.1. The molecule has 2 fully saturated rings. The topological polar surface area (TPSA) is 68.2 Å². The maximum atomic E-state index is 12.9. The third-order valence-corrected chi connectivity index (χ3v) is 4.96. The van der Waals surface area contributed by atoms with E-state index in [1.54, 1.807) is 24.8 Å². The van der Waals surface area contributed by atoms with Gasteiger partial charge in [-0.25, -0.2) is 4.98 Å². The Balaban J connectivity index is 1.52. The van der Waals surface area contributed by atoms with Crippen LogP contribution in [0, 0.1) is 5.92 Å². The molecule has 1 amide bonds. The highest BCUT2D eigenvalue weighted by atomic mass is 16.5. The fourth-order valence-corrected chi connectivity index (χ4v) is 3.37. The standard InChI is InChI=1S/C19H22N4O2/c24-19(16-12-21-8-9-22-16)23-10-5-18(25-13-15-1-2-15)17(23)11-14-3-6-20-7-4-14/h3-4,6-9,12,15,17-18H,1-2,5,10-11,13H2/t17-,18+/m0/s1. The predicted octanol–water partition coefficient (Wildman–Crippen LogP) is 2.12. The number of pyridine rings is 1. The van der Waals surface area contributed by atoms with Crippen LogP contribution in [0.1, 0.15) is 35.3 Å². The molecule has 2 aromatic heterocycles. The van der Waals surface area contributed by atoms with E-state index in [1.807, 2.05) is 17.0 Å². The van der Waals surface area contributed by atoms with E-state index in [0.29, 0.717) is 18.2 Å². The van der Waals surface area contributed by atoms with Crippen molar-refractivity contribution in [3.63, 3.8) is 0 Å². The molecule has 0 aromatic carbocycles. The molecule has 1 aliphatic heterocycles. The van der Waals surface area contributed by atoms with Crippen LogP contribution in [-0.2, 0) is 11.2 Å². The van der Waals surface area contributed by atoms with Crippen LogP contribution >= 0.6 is 0 Å². The van der Waals surface area contributed by atoms with Crippen LogP contribution in [0.25, 0.3) is 0 Å². The second-order valence-corrected chi connectivity index (χ2v) is 6.82. The number of carbonyl (C=O) groups excluding carboxylic acids is 1. The van der Waals surface area contributed by atoms with Gasteiger partial charge in [-0.3, -0.25) is 14.8 Å². The van der Waals surface area contributed by atoms with Crippen LogP contribution < -0.4 is 0 Å². The van der Waals surface area contributed by atoms with Crippen molar-refractivity contribution < 1.29 is 9.53 Å². The van der Waals surface area contributed by atoms with E-state index in [4.69, 9.17) is 4.74 Å². The first-order chi connectivity index (χ1) is 12.3. The van der Waals surface area contributed by atoms with E-state index in [-0.39, 0.29) is 18.1 Å². The largest absolute Gasteiger partial charge is 0.376 e. The summed E-state index contributed by atoms with van der Waals surface area (Å²) in [6.45, 7) is 1.51. The van der Waals surface area contributed by atoms with E-state index in [1.165, 1.54) is 24.6 Å².